The van der Waals surface area contributed by atoms with Gasteiger partial charge in [-0.2, -0.15) is 5.10 Å². The van der Waals surface area contributed by atoms with Crippen LogP contribution < -0.4 is 5.32 Å². The van der Waals surface area contributed by atoms with Gasteiger partial charge in [0.25, 0.3) is 5.91 Å². The average molecular weight is 243 g/mol. The third-order valence-electron chi connectivity index (χ3n) is 2.74. The summed E-state index contributed by atoms with van der Waals surface area (Å²) in [5, 5.41) is 9.29. The van der Waals surface area contributed by atoms with Gasteiger partial charge in [-0.1, -0.05) is 39.0 Å². The van der Waals surface area contributed by atoms with Crippen LogP contribution in [-0.2, 0) is 5.41 Å². The van der Waals surface area contributed by atoms with Gasteiger partial charge in [0.2, 0.25) is 0 Å². The van der Waals surface area contributed by atoms with Crippen molar-refractivity contribution in [1.29, 1.82) is 0 Å². The molecule has 1 amide bonds. The summed E-state index contributed by atoms with van der Waals surface area (Å²) >= 11 is 0. The molecule has 0 bridgehead atoms. The predicted molar refractivity (Wildman–Crippen MR) is 71.7 cm³/mol. The number of anilines is 1. The van der Waals surface area contributed by atoms with E-state index >= 15 is 0 Å². The standard InChI is InChI=1S/C14H17N3O/c1-14(2,3)12-7-5-4-6-11(12)13(18)17-10-8-15-16-9-10/h4-9H,1-3H3,(H,15,16)(H,17,18). The molecule has 2 N–H and O–H groups in total. The summed E-state index contributed by atoms with van der Waals surface area (Å²) in [6.45, 7) is 6.28. The highest BCUT2D eigenvalue weighted by Crippen LogP contribution is 2.26. The number of amides is 1. The lowest BCUT2D eigenvalue weighted by Gasteiger charge is -2.22. The second-order valence-electron chi connectivity index (χ2n) is 5.24. The molecule has 0 aliphatic carbocycles. The van der Waals surface area contributed by atoms with E-state index in [0.29, 0.717) is 11.3 Å². The zero-order chi connectivity index (χ0) is 13.2. The van der Waals surface area contributed by atoms with Crippen molar-refractivity contribution >= 4 is 11.6 Å². The zero-order valence-corrected chi connectivity index (χ0v) is 10.8. The van der Waals surface area contributed by atoms with Crippen LogP contribution in [0.1, 0.15) is 36.7 Å². The summed E-state index contributed by atoms with van der Waals surface area (Å²) in [5.74, 6) is -0.109. The highest BCUT2D eigenvalue weighted by Gasteiger charge is 2.21. The zero-order valence-electron chi connectivity index (χ0n) is 10.8. The largest absolute Gasteiger partial charge is 0.319 e. The molecule has 2 aromatic rings. The van der Waals surface area contributed by atoms with Crippen molar-refractivity contribution < 1.29 is 4.79 Å². The first-order valence-corrected chi connectivity index (χ1v) is 5.88. The summed E-state index contributed by atoms with van der Waals surface area (Å²) in [6.07, 6.45) is 3.23. The summed E-state index contributed by atoms with van der Waals surface area (Å²) in [4.78, 5) is 12.2. The number of benzene rings is 1. The van der Waals surface area contributed by atoms with Gasteiger partial charge in [-0.25, -0.2) is 0 Å². The first kappa shape index (κ1) is 12.4. The number of H-pyrrole nitrogens is 1. The summed E-state index contributed by atoms with van der Waals surface area (Å²) in [7, 11) is 0. The average Bonchev–Trinajstić information content (AvgIpc) is 2.80. The molecule has 18 heavy (non-hydrogen) atoms. The summed E-state index contributed by atoms with van der Waals surface area (Å²) < 4.78 is 0. The molecule has 1 aromatic carbocycles. The second-order valence-corrected chi connectivity index (χ2v) is 5.24. The van der Waals surface area contributed by atoms with Crippen LogP contribution in [0.3, 0.4) is 0 Å². The highest BCUT2D eigenvalue weighted by atomic mass is 16.1. The number of carbonyl (C=O) groups is 1. The van der Waals surface area contributed by atoms with Crippen LogP contribution in [0.25, 0.3) is 0 Å². The Morgan fingerprint density at radius 3 is 2.61 bits per heavy atom. The third kappa shape index (κ3) is 2.59. The SMILES string of the molecule is CC(C)(C)c1ccccc1C(=O)Nc1cn[nH]c1. The van der Waals surface area contributed by atoms with E-state index in [2.05, 4.69) is 36.3 Å². The van der Waals surface area contributed by atoms with Crippen LogP contribution in [-0.4, -0.2) is 16.1 Å². The maximum atomic E-state index is 12.2. The normalized spacial score (nSPS) is 11.3. The smallest absolute Gasteiger partial charge is 0.256 e. The maximum absolute atomic E-state index is 12.2. The number of aromatic amines is 1. The monoisotopic (exact) mass is 243 g/mol. The molecule has 0 aliphatic rings. The molecule has 1 aromatic heterocycles. The van der Waals surface area contributed by atoms with Gasteiger partial charge in [0.05, 0.1) is 11.9 Å². The van der Waals surface area contributed by atoms with Crippen molar-refractivity contribution in [3.63, 3.8) is 0 Å². The van der Waals surface area contributed by atoms with Crippen molar-refractivity contribution in [2.75, 3.05) is 5.32 Å². The lowest BCUT2D eigenvalue weighted by molar-refractivity contribution is 0.102. The second kappa shape index (κ2) is 4.64. The molecular weight excluding hydrogens is 226 g/mol. The number of nitrogens with zero attached hydrogens (tertiary/aromatic N) is 1. The molecule has 94 valence electrons. The molecule has 0 aliphatic heterocycles. The molecule has 4 nitrogen and oxygen atoms in total. The number of carbonyl (C=O) groups excluding carboxylic acids is 1. The first-order valence-electron chi connectivity index (χ1n) is 5.88. The van der Waals surface area contributed by atoms with Gasteiger partial charge in [-0.05, 0) is 17.0 Å². The van der Waals surface area contributed by atoms with Crippen molar-refractivity contribution in [2.45, 2.75) is 26.2 Å². The van der Waals surface area contributed by atoms with Gasteiger partial charge in [0, 0.05) is 11.8 Å². The number of nitrogens with one attached hydrogen (secondary N) is 2. The minimum absolute atomic E-state index is 0.0651. The van der Waals surface area contributed by atoms with E-state index in [4.69, 9.17) is 0 Å². The minimum atomic E-state index is -0.109. The van der Waals surface area contributed by atoms with E-state index in [1.54, 1.807) is 12.4 Å². The fraction of sp³-hybridized carbons (Fsp3) is 0.286. The van der Waals surface area contributed by atoms with Crippen molar-refractivity contribution in [3.8, 4) is 0 Å². The van der Waals surface area contributed by atoms with Crippen LogP contribution in [0.5, 0.6) is 0 Å². The van der Waals surface area contributed by atoms with Crippen LogP contribution in [0.4, 0.5) is 5.69 Å². The van der Waals surface area contributed by atoms with Crippen LogP contribution in [0.15, 0.2) is 36.7 Å². The molecular formula is C14H17N3O. The molecule has 0 unspecified atom stereocenters. The van der Waals surface area contributed by atoms with E-state index in [1.807, 2.05) is 24.3 Å². The van der Waals surface area contributed by atoms with Gasteiger partial charge < -0.3 is 5.32 Å². The van der Waals surface area contributed by atoms with E-state index in [0.717, 1.165) is 5.56 Å². The molecule has 0 saturated carbocycles. The van der Waals surface area contributed by atoms with Gasteiger partial charge in [-0.3, -0.25) is 9.89 Å². The molecule has 0 fully saturated rings. The van der Waals surface area contributed by atoms with Gasteiger partial charge in [0.15, 0.2) is 0 Å². The molecule has 0 atom stereocenters. The molecule has 1 heterocycles. The molecule has 0 spiro atoms. The summed E-state index contributed by atoms with van der Waals surface area (Å²) in [6, 6.07) is 7.66. The Hall–Kier alpha value is -2.10. The minimum Gasteiger partial charge on any atom is -0.319 e. The van der Waals surface area contributed by atoms with Gasteiger partial charge in [-0.15, -0.1) is 0 Å². The Labute approximate surface area is 106 Å². The van der Waals surface area contributed by atoms with E-state index < -0.39 is 0 Å². The fourth-order valence-electron chi connectivity index (χ4n) is 1.85. The quantitative estimate of drug-likeness (QED) is 0.852. The number of aromatic nitrogens is 2. The van der Waals surface area contributed by atoms with E-state index in [9.17, 15) is 4.79 Å². The van der Waals surface area contributed by atoms with E-state index in [-0.39, 0.29) is 11.3 Å². The lowest BCUT2D eigenvalue weighted by atomic mass is 9.83. The van der Waals surface area contributed by atoms with Crippen molar-refractivity contribution in [1.82, 2.24) is 10.2 Å². The van der Waals surface area contributed by atoms with Crippen molar-refractivity contribution in [3.05, 3.63) is 47.8 Å². The van der Waals surface area contributed by atoms with Crippen LogP contribution in [0, 0.1) is 0 Å². The Morgan fingerprint density at radius 2 is 2.00 bits per heavy atom. The lowest BCUT2D eigenvalue weighted by Crippen LogP contribution is -2.20. The van der Waals surface area contributed by atoms with E-state index in [1.165, 1.54) is 0 Å². The topological polar surface area (TPSA) is 57.8 Å². The number of hydrogen-bond donors (Lipinski definition) is 2. The van der Waals surface area contributed by atoms with Gasteiger partial charge >= 0.3 is 0 Å². The molecule has 4 heteroatoms. The highest BCUT2D eigenvalue weighted by molar-refractivity contribution is 6.05. The fourth-order valence-corrected chi connectivity index (χ4v) is 1.85. The molecule has 2 rings (SSSR count). The Morgan fingerprint density at radius 1 is 1.28 bits per heavy atom. The summed E-state index contributed by atoms with van der Waals surface area (Å²) in [5.41, 5.74) is 2.34. The van der Waals surface area contributed by atoms with Crippen LogP contribution >= 0.6 is 0 Å². The predicted octanol–water partition coefficient (Wildman–Crippen LogP) is 2.96. The number of hydrogen-bond acceptors (Lipinski definition) is 2. The van der Waals surface area contributed by atoms with Gasteiger partial charge in [0.1, 0.15) is 0 Å². The van der Waals surface area contributed by atoms with Crippen molar-refractivity contribution in [2.24, 2.45) is 0 Å². The van der Waals surface area contributed by atoms with Crippen LogP contribution in [0.2, 0.25) is 0 Å². The Kier molecular flexibility index (Phi) is 3.19. The molecule has 0 radical (unpaired) electrons. The Bertz CT molecular complexity index is 538. The number of rotatable bonds is 2. The molecule has 0 saturated heterocycles. The maximum Gasteiger partial charge on any atom is 0.256 e. The third-order valence-corrected chi connectivity index (χ3v) is 2.74. The first-order chi connectivity index (χ1) is 8.48. The Balaban J connectivity index is 2.31.